The molecule has 0 bridgehead atoms. The van der Waals surface area contributed by atoms with Crippen molar-refractivity contribution in [2.24, 2.45) is 28.6 Å². The van der Waals surface area contributed by atoms with Crippen LogP contribution >= 0.6 is 0 Å². The molecule has 0 saturated heterocycles. The molecule has 12 nitrogen and oxygen atoms in total. The van der Waals surface area contributed by atoms with Crippen LogP contribution in [0.25, 0.3) is 101 Å². The molecule has 9 aromatic carbocycles. The summed E-state index contributed by atoms with van der Waals surface area (Å²) in [6.07, 6.45) is 6.40. The predicted molar refractivity (Wildman–Crippen MR) is 482 cm³/mol. The van der Waals surface area contributed by atoms with Gasteiger partial charge in [0, 0.05) is 119 Å². The van der Waals surface area contributed by atoms with Crippen LogP contribution in [0.2, 0.25) is 0 Å². The molecule has 12 rings (SSSR count). The second-order valence-electron chi connectivity index (χ2n) is 34.1. The van der Waals surface area contributed by atoms with E-state index >= 15 is 0 Å². The Bertz CT molecular complexity index is 4470. The summed E-state index contributed by atoms with van der Waals surface area (Å²) in [7, 11) is 0. The summed E-state index contributed by atoms with van der Waals surface area (Å²) < 4.78 is 0. The van der Waals surface area contributed by atoms with Gasteiger partial charge in [-0.2, -0.15) is 0 Å². The maximum absolute atomic E-state index is 9.95. The van der Waals surface area contributed by atoms with Gasteiger partial charge in [-0.05, 0) is 119 Å². The van der Waals surface area contributed by atoms with Crippen molar-refractivity contribution in [2.75, 3.05) is 0 Å². The molecule has 0 spiro atoms. The SMILES string of the molecule is CC(C)C(O)CC(O)C(C)C.CC(C)CC(O)CC(C)O.CCC(C)(C)C(O)CC(O)C(C)(C)C.Cc1c[c-]c(-c2ncc(-c3ccc(C)cc3)nc2-c2ccc(C)cc2)cc1.Cc1c[c-]c(-c2ncc(-c3ccc(C)cc3)nc2-c2ccc(C)cc2)cc1.Cc1c[c-]c(-c2ncc(-c3ccc(C)cc3)nc2-c2ccc(C)cc2)cc1.[Ir].[Ir].[Ir]. The number of aliphatic hydroxyl groups is 6. The van der Waals surface area contributed by atoms with Crippen LogP contribution in [0.3, 0.4) is 0 Å². The molecule has 12 aromatic rings. The quantitative estimate of drug-likeness (QED) is 0.0373. The van der Waals surface area contributed by atoms with Gasteiger partial charge in [0.05, 0.1) is 70.8 Å². The molecule has 0 fully saturated rings. The molecule has 0 aliphatic carbocycles. The first-order chi connectivity index (χ1) is 54.9. The normalized spacial score (nSPS) is 12.5. The van der Waals surface area contributed by atoms with Crippen molar-refractivity contribution in [3.05, 3.63) is 287 Å². The second-order valence-corrected chi connectivity index (χ2v) is 34.1. The van der Waals surface area contributed by atoms with Gasteiger partial charge in [0.15, 0.2) is 0 Å². The minimum absolute atomic E-state index is 0. The molecular formula is C104H127Ir3N6O6-3. The van der Waals surface area contributed by atoms with Gasteiger partial charge in [0.25, 0.3) is 0 Å². The average molecular weight is 2130 g/mol. The third kappa shape index (κ3) is 33.4. The smallest absolute Gasteiger partial charge is 0.0873 e. The predicted octanol–water partition coefficient (Wildman–Crippen LogP) is 23.8. The molecule has 15 heteroatoms. The van der Waals surface area contributed by atoms with Crippen LogP contribution in [0, 0.1) is 109 Å². The summed E-state index contributed by atoms with van der Waals surface area (Å²) in [5.41, 5.74) is 27.8. The maximum atomic E-state index is 9.95. The molecule has 119 heavy (non-hydrogen) atoms. The minimum Gasteiger partial charge on any atom is -0.393 e. The molecule has 3 radical (unpaired) electrons. The minimum atomic E-state index is -0.441. The van der Waals surface area contributed by atoms with Crippen LogP contribution in [-0.2, 0) is 60.3 Å². The first kappa shape index (κ1) is 103. The Morgan fingerprint density at radius 1 is 0.303 bits per heavy atom. The van der Waals surface area contributed by atoms with Crippen molar-refractivity contribution >= 4 is 0 Å². The fourth-order valence-corrected chi connectivity index (χ4v) is 12.0. The summed E-state index contributed by atoms with van der Waals surface area (Å²) in [6.45, 7) is 44.5. The van der Waals surface area contributed by atoms with Crippen molar-refractivity contribution in [3.63, 3.8) is 0 Å². The zero-order chi connectivity index (χ0) is 85.1. The van der Waals surface area contributed by atoms with Crippen LogP contribution in [-0.4, -0.2) is 97.2 Å². The van der Waals surface area contributed by atoms with E-state index < -0.39 is 12.2 Å². The van der Waals surface area contributed by atoms with E-state index in [1.807, 2.05) is 99.1 Å². The van der Waals surface area contributed by atoms with E-state index in [4.69, 9.17) is 35.0 Å². The van der Waals surface area contributed by atoms with Gasteiger partial charge in [-0.25, -0.2) is 0 Å². The number of aromatic nitrogens is 6. The number of hydrogen-bond donors (Lipinski definition) is 6. The largest absolute Gasteiger partial charge is 0.393 e. The number of hydrogen-bond acceptors (Lipinski definition) is 12. The van der Waals surface area contributed by atoms with E-state index in [-0.39, 0.29) is 107 Å². The Morgan fingerprint density at radius 2 is 0.555 bits per heavy atom. The van der Waals surface area contributed by atoms with Crippen LogP contribution in [0.4, 0.5) is 0 Å². The topological polar surface area (TPSA) is 199 Å². The Balaban J connectivity index is 0.000000312. The van der Waals surface area contributed by atoms with Gasteiger partial charge in [0.2, 0.25) is 0 Å². The third-order valence-corrected chi connectivity index (χ3v) is 20.6. The van der Waals surface area contributed by atoms with E-state index in [0.717, 1.165) is 114 Å². The fourth-order valence-electron chi connectivity index (χ4n) is 12.0. The number of aryl methyl sites for hydroxylation is 9. The van der Waals surface area contributed by atoms with E-state index in [0.29, 0.717) is 25.2 Å². The summed E-state index contributed by atoms with van der Waals surface area (Å²) in [4.78, 5) is 29.3. The number of rotatable bonds is 21. The molecular weight excluding hydrogens is 2010 g/mol. The average Bonchev–Trinajstić information content (AvgIpc) is 0.802. The molecule has 0 saturated carbocycles. The summed E-state index contributed by atoms with van der Waals surface area (Å²) >= 11 is 0. The first-order valence-corrected chi connectivity index (χ1v) is 41.0. The number of nitrogens with zero attached hydrogens (tertiary/aromatic N) is 6. The fraction of sp³-hybridized carbons (Fsp3) is 0.365. The first-order valence-electron chi connectivity index (χ1n) is 41.0. The summed E-state index contributed by atoms with van der Waals surface area (Å²) in [5.74, 6) is 0.987. The summed E-state index contributed by atoms with van der Waals surface area (Å²) in [5, 5.41) is 56.7. The third-order valence-electron chi connectivity index (χ3n) is 20.6. The van der Waals surface area contributed by atoms with Crippen molar-refractivity contribution in [2.45, 2.75) is 221 Å². The van der Waals surface area contributed by atoms with Crippen LogP contribution in [0.1, 0.15) is 172 Å². The van der Waals surface area contributed by atoms with Gasteiger partial charge < -0.3 is 45.6 Å². The molecule has 6 unspecified atom stereocenters. The van der Waals surface area contributed by atoms with Crippen molar-refractivity contribution in [1.82, 2.24) is 29.9 Å². The van der Waals surface area contributed by atoms with Gasteiger partial charge >= 0.3 is 0 Å². The zero-order valence-corrected chi connectivity index (χ0v) is 81.1. The Labute approximate surface area is 752 Å². The Hall–Kier alpha value is -8.07. The molecule has 6 N–H and O–H groups in total. The molecule has 0 aliphatic rings. The van der Waals surface area contributed by atoms with Crippen LogP contribution in [0.15, 0.2) is 219 Å². The van der Waals surface area contributed by atoms with Gasteiger partial charge in [0.1, 0.15) is 0 Å². The molecule has 3 aromatic heterocycles. The zero-order valence-electron chi connectivity index (χ0n) is 73.9. The van der Waals surface area contributed by atoms with Crippen molar-refractivity contribution in [1.29, 1.82) is 0 Å². The van der Waals surface area contributed by atoms with E-state index in [1.165, 1.54) is 50.1 Å². The van der Waals surface area contributed by atoms with Crippen molar-refractivity contribution < 1.29 is 91.0 Å². The monoisotopic (exact) mass is 2130 g/mol. The molecule has 0 aliphatic heterocycles. The van der Waals surface area contributed by atoms with Gasteiger partial charge in [-0.15, -0.1) is 106 Å². The Morgan fingerprint density at radius 3 is 0.765 bits per heavy atom. The van der Waals surface area contributed by atoms with Crippen LogP contribution < -0.4 is 0 Å². The van der Waals surface area contributed by atoms with Gasteiger partial charge in [-0.3, -0.25) is 15.0 Å². The Kier molecular flexibility index (Phi) is 43.2. The van der Waals surface area contributed by atoms with E-state index in [9.17, 15) is 25.5 Å². The standard InChI is InChI=1S/3C25H21N2.C12H26O2.C9H20O2.C8H18O2.3Ir/c3*1-17-4-10-20(11-5-17)23-16-26-24(21-12-6-18(2)7-13-21)25(27-23)22-14-8-19(3)9-15-22;1-7-12(5,6)10(14)8-9(13)11(2,3)4;1-6(2)8(10)5-9(11)7(3)4;1-6(2)4-8(10)5-7(3)9;;;/h3*4-12,14-16H,1-3H3;9-10,13-14H,7-8H2,1-6H3;6-11H,5H2,1-4H3;6-10H,4-5H2,1-3H3;;;/q3*-1;;;;;;. The van der Waals surface area contributed by atoms with E-state index in [1.54, 1.807) is 6.92 Å². The summed E-state index contributed by atoms with van der Waals surface area (Å²) in [6, 6.07) is 78.9. The molecule has 639 valence electrons. The number of aliphatic hydroxyl groups excluding tert-OH is 6. The molecule has 0 amide bonds. The van der Waals surface area contributed by atoms with Gasteiger partial charge in [-0.1, -0.05) is 283 Å². The van der Waals surface area contributed by atoms with Crippen LogP contribution in [0.5, 0.6) is 0 Å². The second kappa shape index (κ2) is 49.7. The molecule has 3 heterocycles. The maximum Gasteiger partial charge on any atom is 0.0873 e. The van der Waals surface area contributed by atoms with Crippen molar-refractivity contribution in [3.8, 4) is 101 Å². The number of benzene rings is 9. The van der Waals surface area contributed by atoms with E-state index in [2.05, 4.69) is 283 Å². The molecule has 6 atom stereocenters.